The maximum Gasteiger partial charge on any atom is 0.191 e. The van der Waals surface area contributed by atoms with Gasteiger partial charge in [0.05, 0.1) is 17.3 Å². The van der Waals surface area contributed by atoms with Crippen molar-refractivity contribution >= 4 is 24.2 Å². The normalized spacial score (nSPS) is 12.5. The van der Waals surface area contributed by atoms with Gasteiger partial charge in [-0.25, -0.2) is 0 Å². The molecule has 0 aliphatic carbocycles. The van der Waals surface area contributed by atoms with Crippen molar-refractivity contribution in [2.24, 2.45) is 0 Å². The van der Waals surface area contributed by atoms with Gasteiger partial charge in [-0.2, -0.15) is 0 Å². The average Bonchev–Trinajstić information content (AvgIpc) is 2.34. The van der Waals surface area contributed by atoms with Gasteiger partial charge in [0.1, 0.15) is 0 Å². The van der Waals surface area contributed by atoms with E-state index in [0.717, 1.165) is 29.7 Å². The summed E-state index contributed by atoms with van der Waals surface area (Å²) in [7, 11) is -1.60. The zero-order chi connectivity index (χ0) is 15.2. The lowest BCUT2D eigenvalue weighted by atomic mass is 10.2. The lowest BCUT2D eigenvalue weighted by Gasteiger charge is -2.36. The molecule has 1 heterocycles. The molecule has 114 valence electrons. The Morgan fingerprint density at radius 2 is 1.85 bits per heavy atom. The SMILES string of the molecule is CC(C)(C)[Si](C)(C)OCCCCOc1cnccc1Br. The van der Waals surface area contributed by atoms with Gasteiger partial charge in [-0.05, 0) is 53.0 Å². The molecule has 0 aromatic carbocycles. The minimum absolute atomic E-state index is 0.282. The number of nitrogens with zero attached hydrogens (tertiary/aromatic N) is 1. The molecule has 0 saturated heterocycles. The van der Waals surface area contributed by atoms with Gasteiger partial charge in [0.15, 0.2) is 14.1 Å². The molecule has 0 fully saturated rings. The molecule has 1 aromatic rings. The molecule has 0 atom stereocenters. The first-order valence-corrected chi connectivity index (χ1v) is 10.8. The summed E-state index contributed by atoms with van der Waals surface area (Å²) in [5.74, 6) is 0.804. The number of aromatic nitrogens is 1. The molecular formula is C15H26BrNO2Si. The minimum atomic E-state index is -1.60. The van der Waals surface area contributed by atoms with Crippen LogP contribution < -0.4 is 4.74 Å². The lowest BCUT2D eigenvalue weighted by Crippen LogP contribution is -2.41. The summed E-state index contributed by atoms with van der Waals surface area (Å²) in [6.07, 6.45) is 5.50. The Kier molecular flexibility index (Phi) is 6.68. The number of unbranched alkanes of at least 4 members (excludes halogenated alkanes) is 1. The van der Waals surface area contributed by atoms with E-state index in [1.54, 1.807) is 12.4 Å². The van der Waals surface area contributed by atoms with Crippen LogP contribution >= 0.6 is 15.9 Å². The van der Waals surface area contributed by atoms with Crippen LogP contribution in [0.5, 0.6) is 5.75 Å². The monoisotopic (exact) mass is 359 g/mol. The van der Waals surface area contributed by atoms with Crippen molar-refractivity contribution in [2.45, 2.75) is 51.7 Å². The Morgan fingerprint density at radius 3 is 2.45 bits per heavy atom. The number of rotatable bonds is 7. The molecule has 0 unspecified atom stereocenters. The first kappa shape index (κ1) is 17.7. The van der Waals surface area contributed by atoms with Crippen LogP contribution in [-0.4, -0.2) is 26.5 Å². The summed E-state index contributed by atoms with van der Waals surface area (Å²) in [5.41, 5.74) is 0. The molecule has 0 aliphatic rings. The van der Waals surface area contributed by atoms with E-state index >= 15 is 0 Å². The van der Waals surface area contributed by atoms with Crippen LogP contribution in [0, 0.1) is 0 Å². The van der Waals surface area contributed by atoms with Crippen molar-refractivity contribution in [3.05, 3.63) is 22.9 Å². The van der Waals surface area contributed by atoms with Gasteiger partial charge < -0.3 is 9.16 Å². The summed E-state index contributed by atoms with van der Waals surface area (Å²) in [6.45, 7) is 12.9. The van der Waals surface area contributed by atoms with Crippen molar-refractivity contribution in [1.82, 2.24) is 4.98 Å². The molecule has 3 nitrogen and oxygen atoms in total. The van der Waals surface area contributed by atoms with Crippen LogP contribution in [-0.2, 0) is 4.43 Å². The third-order valence-electron chi connectivity index (χ3n) is 3.80. The van der Waals surface area contributed by atoms with E-state index in [9.17, 15) is 0 Å². The van der Waals surface area contributed by atoms with E-state index in [0.29, 0.717) is 6.61 Å². The second-order valence-corrected chi connectivity index (χ2v) is 12.1. The van der Waals surface area contributed by atoms with Crippen LogP contribution in [0.4, 0.5) is 0 Å². The van der Waals surface area contributed by atoms with Crippen molar-refractivity contribution in [3.63, 3.8) is 0 Å². The molecule has 0 amide bonds. The van der Waals surface area contributed by atoms with E-state index in [2.05, 4.69) is 54.8 Å². The Morgan fingerprint density at radius 1 is 1.20 bits per heavy atom. The Labute approximate surface area is 132 Å². The zero-order valence-corrected chi connectivity index (χ0v) is 15.8. The molecule has 5 heteroatoms. The second kappa shape index (κ2) is 7.57. The summed E-state index contributed by atoms with van der Waals surface area (Å²) < 4.78 is 12.8. The maximum atomic E-state index is 6.13. The number of ether oxygens (including phenoxy) is 1. The quantitative estimate of drug-likeness (QED) is 0.505. The molecule has 0 N–H and O–H groups in total. The largest absolute Gasteiger partial charge is 0.491 e. The molecule has 1 rings (SSSR count). The van der Waals surface area contributed by atoms with Crippen molar-refractivity contribution in [1.29, 1.82) is 0 Å². The summed E-state index contributed by atoms with van der Waals surface area (Å²) >= 11 is 3.44. The van der Waals surface area contributed by atoms with Gasteiger partial charge in [-0.3, -0.25) is 4.98 Å². The van der Waals surface area contributed by atoms with Gasteiger partial charge in [-0.1, -0.05) is 20.8 Å². The van der Waals surface area contributed by atoms with Gasteiger partial charge in [0.25, 0.3) is 0 Å². The fraction of sp³-hybridized carbons (Fsp3) is 0.667. The van der Waals surface area contributed by atoms with Crippen molar-refractivity contribution in [2.75, 3.05) is 13.2 Å². The molecular weight excluding hydrogens is 334 g/mol. The highest BCUT2D eigenvalue weighted by Gasteiger charge is 2.36. The van der Waals surface area contributed by atoms with Gasteiger partial charge in [-0.15, -0.1) is 0 Å². The van der Waals surface area contributed by atoms with Crippen LogP contribution in [0.25, 0.3) is 0 Å². The molecule has 0 aliphatic heterocycles. The topological polar surface area (TPSA) is 31.4 Å². The molecule has 1 aromatic heterocycles. The summed E-state index contributed by atoms with van der Waals surface area (Å²) in [6, 6.07) is 1.88. The van der Waals surface area contributed by atoms with Crippen LogP contribution in [0.3, 0.4) is 0 Å². The Bertz CT molecular complexity index is 419. The summed E-state index contributed by atoms with van der Waals surface area (Å²) in [5, 5.41) is 0.282. The fourth-order valence-electron chi connectivity index (χ4n) is 1.40. The van der Waals surface area contributed by atoms with Crippen LogP contribution in [0.2, 0.25) is 18.1 Å². The van der Waals surface area contributed by atoms with Crippen molar-refractivity contribution in [3.8, 4) is 5.75 Å². The summed E-state index contributed by atoms with van der Waals surface area (Å²) in [4.78, 5) is 4.05. The van der Waals surface area contributed by atoms with E-state index < -0.39 is 8.32 Å². The number of pyridine rings is 1. The molecule has 20 heavy (non-hydrogen) atoms. The van der Waals surface area contributed by atoms with Crippen LogP contribution in [0.1, 0.15) is 33.6 Å². The third-order valence-corrected chi connectivity index (χ3v) is 8.99. The fourth-order valence-corrected chi connectivity index (χ4v) is 2.82. The first-order valence-electron chi connectivity index (χ1n) is 7.10. The smallest absolute Gasteiger partial charge is 0.191 e. The van der Waals surface area contributed by atoms with Gasteiger partial charge in [0, 0.05) is 12.8 Å². The molecule has 0 radical (unpaired) electrons. The number of hydrogen-bond donors (Lipinski definition) is 0. The highest BCUT2D eigenvalue weighted by Crippen LogP contribution is 2.36. The first-order chi connectivity index (χ1) is 9.24. The Hall–Kier alpha value is -0.393. The van der Waals surface area contributed by atoms with E-state index in [1.807, 2.05) is 6.07 Å². The maximum absolute atomic E-state index is 6.13. The standard InChI is InChI=1S/C15H26BrNO2Si/c1-15(2,3)20(4,5)19-11-7-6-10-18-14-12-17-9-8-13(14)16/h8-9,12H,6-7,10-11H2,1-5H3. The predicted octanol–water partition coefficient (Wildman–Crippen LogP) is 5.02. The van der Waals surface area contributed by atoms with Crippen molar-refractivity contribution < 1.29 is 9.16 Å². The second-order valence-electron chi connectivity index (χ2n) is 6.47. The third kappa shape index (κ3) is 5.54. The predicted molar refractivity (Wildman–Crippen MR) is 89.8 cm³/mol. The average molecular weight is 360 g/mol. The van der Waals surface area contributed by atoms with E-state index in [4.69, 9.17) is 9.16 Å². The van der Waals surface area contributed by atoms with E-state index in [-0.39, 0.29) is 5.04 Å². The number of halogens is 1. The molecule has 0 spiro atoms. The van der Waals surface area contributed by atoms with Crippen LogP contribution in [0.15, 0.2) is 22.9 Å². The highest BCUT2D eigenvalue weighted by atomic mass is 79.9. The van der Waals surface area contributed by atoms with E-state index in [1.165, 1.54) is 0 Å². The number of hydrogen-bond acceptors (Lipinski definition) is 3. The Balaban J connectivity index is 2.19. The molecule has 0 bridgehead atoms. The lowest BCUT2D eigenvalue weighted by molar-refractivity contribution is 0.251. The zero-order valence-electron chi connectivity index (χ0n) is 13.2. The van der Waals surface area contributed by atoms with Gasteiger partial charge >= 0.3 is 0 Å². The van der Waals surface area contributed by atoms with Gasteiger partial charge in [0.2, 0.25) is 0 Å². The molecule has 0 saturated carbocycles. The highest BCUT2D eigenvalue weighted by molar-refractivity contribution is 9.10. The minimum Gasteiger partial charge on any atom is -0.491 e.